The Hall–Kier alpha value is -6.40. The zero-order valence-electron chi connectivity index (χ0n) is 36.0. The molecule has 0 fully saturated rings. The molecule has 8 aromatic rings. The van der Waals surface area contributed by atoms with Gasteiger partial charge < -0.3 is 24.9 Å². The van der Waals surface area contributed by atoms with E-state index in [1.165, 1.54) is 0 Å². The lowest BCUT2D eigenvalue weighted by atomic mass is 10.1. The number of aromatic nitrogens is 12. The molecule has 0 aliphatic heterocycles. The molecule has 0 saturated heterocycles. The highest BCUT2D eigenvalue weighted by atomic mass is 28.3. The van der Waals surface area contributed by atoms with Crippen LogP contribution in [0.4, 0.5) is 0 Å². The van der Waals surface area contributed by atoms with Crippen LogP contribution in [0.2, 0.25) is 25.7 Å². The number of nitrogens with one attached hydrogen (secondary N) is 3. The smallest absolute Gasteiger partial charge is 0.255 e. The maximum Gasteiger partial charge on any atom is 0.255 e. The summed E-state index contributed by atoms with van der Waals surface area (Å²) in [5.41, 5.74) is 5.82. The van der Waals surface area contributed by atoms with E-state index < -0.39 is 8.07 Å². The van der Waals surface area contributed by atoms with Gasteiger partial charge in [0.05, 0.1) is 35.9 Å². The first-order valence-corrected chi connectivity index (χ1v) is 23.5. The van der Waals surface area contributed by atoms with E-state index in [2.05, 4.69) is 70.4 Å². The SMILES string of the molecule is Cc1cnc2c(cnn2-c2cnc3[nH]cc(C(=O)NC(C)(C)C)c3n2)c1.Cc1cnc2c(cnn2-c2cnc3c(n2)c(C(=O)NC(C)(C)C)cn3COCC[Si](C)(C)C)c1. The van der Waals surface area contributed by atoms with E-state index in [0.29, 0.717) is 69.7 Å². The lowest BCUT2D eigenvalue weighted by molar-refractivity contribution is 0.0884. The fourth-order valence-corrected chi connectivity index (χ4v) is 7.08. The Morgan fingerprint density at radius 1 is 0.700 bits per heavy atom. The van der Waals surface area contributed by atoms with E-state index in [4.69, 9.17) is 9.72 Å². The van der Waals surface area contributed by atoms with Crippen LogP contribution < -0.4 is 10.6 Å². The van der Waals surface area contributed by atoms with Gasteiger partial charge in [-0.15, -0.1) is 0 Å². The maximum atomic E-state index is 13.1. The number of ether oxygens (including phenoxy) is 1. The minimum atomic E-state index is -1.19. The quantitative estimate of drug-likeness (QED) is 0.102. The molecule has 0 radical (unpaired) electrons. The van der Waals surface area contributed by atoms with E-state index in [9.17, 15) is 9.59 Å². The lowest BCUT2D eigenvalue weighted by Crippen LogP contribution is -2.40. The fourth-order valence-electron chi connectivity index (χ4n) is 6.32. The van der Waals surface area contributed by atoms with Crippen LogP contribution >= 0.6 is 0 Å². The van der Waals surface area contributed by atoms with E-state index in [0.717, 1.165) is 27.9 Å². The summed E-state index contributed by atoms with van der Waals surface area (Å²) in [6.45, 7) is 23.5. The van der Waals surface area contributed by atoms with Crippen molar-refractivity contribution in [3.8, 4) is 11.6 Å². The second-order valence-electron chi connectivity index (χ2n) is 18.3. The normalized spacial score (nSPS) is 12.3. The molecule has 0 aliphatic rings. The zero-order chi connectivity index (χ0) is 43.1. The van der Waals surface area contributed by atoms with E-state index in [1.807, 2.05) is 72.1 Å². The summed E-state index contributed by atoms with van der Waals surface area (Å²) >= 11 is 0. The Morgan fingerprint density at radius 3 is 1.77 bits per heavy atom. The Balaban J connectivity index is 0.000000188. The topological polar surface area (TPSA) is 201 Å². The first-order chi connectivity index (χ1) is 28.2. The molecule has 2 amide bonds. The second-order valence-corrected chi connectivity index (χ2v) is 23.9. The summed E-state index contributed by atoms with van der Waals surface area (Å²) in [6.07, 6.45) is 13.7. The van der Waals surface area contributed by atoms with E-state index in [-0.39, 0.29) is 22.9 Å². The van der Waals surface area contributed by atoms with Gasteiger partial charge in [-0.05, 0) is 84.7 Å². The van der Waals surface area contributed by atoms with Crippen molar-refractivity contribution >= 4 is 64.3 Å². The molecule has 8 heterocycles. The van der Waals surface area contributed by atoms with Gasteiger partial charge in [0.1, 0.15) is 17.8 Å². The van der Waals surface area contributed by atoms with Gasteiger partial charge >= 0.3 is 0 Å². The predicted octanol–water partition coefficient (Wildman–Crippen LogP) is 6.84. The van der Waals surface area contributed by atoms with Gasteiger partial charge in [0.25, 0.3) is 11.8 Å². The molecule has 0 bridgehead atoms. The average molecular weight is 829 g/mol. The van der Waals surface area contributed by atoms with Gasteiger partial charge in [0, 0.05) is 61.3 Å². The summed E-state index contributed by atoms with van der Waals surface area (Å²) in [5.74, 6) is 0.604. The number of pyridine rings is 2. The number of fused-ring (bicyclic) bond motifs is 4. The number of aryl methyl sites for hydroxylation is 2. The average Bonchev–Trinajstić information content (AvgIpc) is 3.95. The maximum absolute atomic E-state index is 13.1. The minimum absolute atomic E-state index is 0.200. The molecule has 18 heteroatoms. The minimum Gasteiger partial charge on any atom is -0.361 e. The number of carbonyl (C=O) groups is 2. The van der Waals surface area contributed by atoms with Gasteiger partial charge in [0.15, 0.2) is 34.2 Å². The van der Waals surface area contributed by atoms with Gasteiger partial charge in [-0.1, -0.05) is 19.6 Å². The third-order valence-electron chi connectivity index (χ3n) is 9.14. The third kappa shape index (κ3) is 9.39. The van der Waals surface area contributed by atoms with Gasteiger partial charge in [0.2, 0.25) is 0 Å². The zero-order valence-corrected chi connectivity index (χ0v) is 37.0. The molecule has 0 aromatic carbocycles. The monoisotopic (exact) mass is 828 g/mol. The van der Waals surface area contributed by atoms with Crippen molar-refractivity contribution in [2.24, 2.45) is 0 Å². The van der Waals surface area contributed by atoms with Gasteiger partial charge in [-0.3, -0.25) is 9.59 Å². The second kappa shape index (κ2) is 16.0. The largest absolute Gasteiger partial charge is 0.361 e. The van der Waals surface area contributed by atoms with Gasteiger partial charge in [-0.25, -0.2) is 29.9 Å². The van der Waals surface area contributed by atoms with Crippen molar-refractivity contribution in [1.29, 1.82) is 0 Å². The first kappa shape index (κ1) is 41.7. The molecule has 8 rings (SSSR count). The Bertz CT molecular complexity index is 2870. The molecular formula is C42H52N14O3Si. The van der Waals surface area contributed by atoms with Crippen LogP contribution in [0, 0.1) is 13.8 Å². The molecule has 0 spiro atoms. The number of hydrogen-bond donors (Lipinski definition) is 3. The number of H-pyrrole nitrogens is 1. The van der Waals surface area contributed by atoms with Crippen molar-refractivity contribution in [3.05, 3.63) is 84.0 Å². The molecule has 0 unspecified atom stereocenters. The molecule has 0 aliphatic carbocycles. The van der Waals surface area contributed by atoms with Crippen LogP contribution in [0.5, 0.6) is 0 Å². The van der Waals surface area contributed by atoms with Crippen LogP contribution in [0.25, 0.3) is 56.0 Å². The molecule has 60 heavy (non-hydrogen) atoms. The standard InChI is InChI=1S/C24H33N7O2Si.C18H19N7O/c1-16-10-17-12-27-31(21(17)25-11-16)19-13-26-22-20(28-19)18(23(32)29-24(2,3)4)14-30(22)15-33-8-9-34(5,6)7;1-10-5-11-7-22-25(16(11)21-6-10)13-9-20-15-14(23-13)12(8-19-15)17(26)24-18(2,3)4/h10-14H,8-9,15H2,1-7H3,(H,29,32);5-9H,1-4H3,(H,19,20)(H,24,26). The van der Waals surface area contributed by atoms with Crippen LogP contribution in [0.3, 0.4) is 0 Å². The molecule has 17 nitrogen and oxygen atoms in total. The van der Waals surface area contributed by atoms with Crippen LogP contribution in [0.1, 0.15) is 73.4 Å². The van der Waals surface area contributed by atoms with Crippen molar-refractivity contribution in [3.63, 3.8) is 0 Å². The highest BCUT2D eigenvalue weighted by molar-refractivity contribution is 6.76. The number of amides is 2. The van der Waals surface area contributed by atoms with Crippen molar-refractivity contribution in [1.82, 2.24) is 69.6 Å². The van der Waals surface area contributed by atoms with Gasteiger partial charge in [-0.2, -0.15) is 19.6 Å². The molecular weight excluding hydrogens is 777 g/mol. The van der Waals surface area contributed by atoms with Crippen molar-refractivity contribution in [2.45, 2.75) is 98.9 Å². The summed E-state index contributed by atoms with van der Waals surface area (Å²) in [4.78, 5) is 56.0. The number of aromatic amines is 1. The van der Waals surface area contributed by atoms with Crippen LogP contribution in [-0.4, -0.2) is 96.6 Å². The van der Waals surface area contributed by atoms with Crippen LogP contribution in [-0.2, 0) is 11.5 Å². The predicted molar refractivity (Wildman–Crippen MR) is 234 cm³/mol. The number of nitrogens with zero attached hydrogens (tertiary/aromatic N) is 11. The Labute approximate surface area is 348 Å². The highest BCUT2D eigenvalue weighted by Crippen LogP contribution is 2.24. The fraction of sp³-hybridized carbons (Fsp3) is 0.381. The molecule has 3 N–H and O–H groups in total. The Morgan fingerprint density at radius 2 is 1.22 bits per heavy atom. The summed E-state index contributed by atoms with van der Waals surface area (Å²) in [7, 11) is -1.19. The molecule has 0 atom stereocenters. The number of carbonyl (C=O) groups excluding carboxylic acids is 2. The molecule has 0 saturated carbocycles. The van der Waals surface area contributed by atoms with E-state index >= 15 is 0 Å². The molecule has 8 aromatic heterocycles. The van der Waals surface area contributed by atoms with Crippen molar-refractivity contribution in [2.75, 3.05) is 6.61 Å². The molecule has 312 valence electrons. The summed E-state index contributed by atoms with van der Waals surface area (Å²) < 4.78 is 11.1. The number of rotatable bonds is 9. The van der Waals surface area contributed by atoms with Crippen molar-refractivity contribution < 1.29 is 14.3 Å². The van der Waals surface area contributed by atoms with E-state index in [1.54, 1.807) is 58.9 Å². The van der Waals surface area contributed by atoms with Crippen LogP contribution in [0.15, 0.2) is 61.7 Å². The third-order valence-corrected chi connectivity index (χ3v) is 10.8. The number of hydrogen-bond acceptors (Lipinski definition) is 11. The summed E-state index contributed by atoms with van der Waals surface area (Å²) in [5, 5.41) is 16.6. The Kier molecular flexibility index (Phi) is 11.1. The highest BCUT2D eigenvalue weighted by Gasteiger charge is 2.24. The lowest BCUT2D eigenvalue weighted by Gasteiger charge is -2.20. The first-order valence-electron chi connectivity index (χ1n) is 19.8. The summed E-state index contributed by atoms with van der Waals surface area (Å²) in [6, 6.07) is 5.10.